The third-order valence-electron chi connectivity index (χ3n) is 5.46. The van der Waals surface area contributed by atoms with Gasteiger partial charge in [0, 0.05) is 31.4 Å². The summed E-state index contributed by atoms with van der Waals surface area (Å²) in [6.45, 7) is 5.19. The number of amides is 1. The first kappa shape index (κ1) is 16.1. The highest BCUT2D eigenvalue weighted by Crippen LogP contribution is 2.35. The number of aryl methyl sites for hydroxylation is 1. The summed E-state index contributed by atoms with van der Waals surface area (Å²) in [5, 5.41) is 0. The van der Waals surface area contributed by atoms with Crippen LogP contribution in [0.5, 0.6) is 0 Å². The fourth-order valence-corrected chi connectivity index (χ4v) is 4.10. The molecule has 4 nitrogen and oxygen atoms in total. The maximum absolute atomic E-state index is 12.9. The summed E-state index contributed by atoms with van der Waals surface area (Å²) in [6, 6.07) is 11.9. The highest BCUT2D eigenvalue weighted by molar-refractivity contribution is 5.94. The molecule has 0 spiro atoms. The summed E-state index contributed by atoms with van der Waals surface area (Å²) in [5.74, 6) is 1.21. The Morgan fingerprint density at radius 1 is 1.08 bits per heavy atom. The van der Waals surface area contributed by atoms with Crippen molar-refractivity contribution in [2.24, 2.45) is 0 Å². The van der Waals surface area contributed by atoms with Crippen molar-refractivity contribution in [1.82, 2.24) is 9.88 Å². The maximum Gasteiger partial charge on any atom is 0.254 e. The Labute approximate surface area is 149 Å². The molecule has 0 unspecified atom stereocenters. The molecule has 1 amide bonds. The van der Waals surface area contributed by atoms with E-state index in [-0.39, 0.29) is 11.9 Å². The van der Waals surface area contributed by atoms with Crippen LogP contribution < -0.4 is 4.90 Å². The lowest BCUT2D eigenvalue weighted by Gasteiger charge is -2.27. The van der Waals surface area contributed by atoms with Gasteiger partial charge in [-0.1, -0.05) is 18.2 Å². The number of pyridine rings is 1. The number of anilines is 1. The van der Waals surface area contributed by atoms with E-state index >= 15 is 0 Å². The third kappa shape index (κ3) is 3.13. The molecule has 130 valence electrons. The molecule has 0 aliphatic carbocycles. The van der Waals surface area contributed by atoms with Crippen molar-refractivity contribution in [1.29, 1.82) is 0 Å². The molecule has 2 saturated heterocycles. The summed E-state index contributed by atoms with van der Waals surface area (Å²) < 4.78 is 0. The van der Waals surface area contributed by atoms with Gasteiger partial charge in [0.15, 0.2) is 0 Å². The quantitative estimate of drug-likeness (QED) is 0.851. The molecular weight excluding hydrogens is 310 g/mol. The molecule has 3 heterocycles. The summed E-state index contributed by atoms with van der Waals surface area (Å²) in [4.78, 5) is 22.0. The van der Waals surface area contributed by atoms with E-state index in [0.29, 0.717) is 0 Å². The molecule has 4 heteroatoms. The number of hydrogen-bond donors (Lipinski definition) is 0. The van der Waals surface area contributed by atoms with E-state index in [1.807, 2.05) is 41.4 Å². The smallest absolute Gasteiger partial charge is 0.254 e. The molecule has 1 aromatic heterocycles. The fraction of sp³-hybridized carbons (Fsp3) is 0.429. The number of hydrogen-bond acceptors (Lipinski definition) is 3. The predicted octanol–water partition coefficient (Wildman–Crippen LogP) is 3.97. The van der Waals surface area contributed by atoms with Crippen molar-refractivity contribution in [2.75, 3.05) is 24.5 Å². The summed E-state index contributed by atoms with van der Waals surface area (Å²) in [7, 11) is 0. The Kier molecular flexibility index (Phi) is 4.43. The molecular formula is C21H25N3O. The number of aromatic nitrogens is 1. The zero-order chi connectivity index (χ0) is 17.2. The van der Waals surface area contributed by atoms with Crippen LogP contribution in [0.3, 0.4) is 0 Å². The summed E-state index contributed by atoms with van der Waals surface area (Å²) in [5.41, 5.74) is 3.22. The number of carbonyl (C=O) groups excluding carboxylic acids is 1. The van der Waals surface area contributed by atoms with E-state index in [4.69, 9.17) is 4.98 Å². The highest BCUT2D eigenvalue weighted by atomic mass is 16.2. The Morgan fingerprint density at radius 2 is 1.84 bits per heavy atom. The lowest BCUT2D eigenvalue weighted by atomic mass is 10.0. The van der Waals surface area contributed by atoms with Crippen LogP contribution in [0.1, 0.15) is 53.2 Å². The highest BCUT2D eigenvalue weighted by Gasteiger charge is 2.32. The number of carbonyl (C=O) groups is 1. The van der Waals surface area contributed by atoms with Crippen molar-refractivity contribution >= 4 is 11.7 Å². The van der Waals surface area contributed by atoms with Gasteiger partial charge in [0.2, 0.25) is 0 Å². The van der Waals surface area contributed by atoms with Crippen molar-refractivity contribution in [3.63, 3.8) is 0 Å². The van der Waals surface area contributed by atoms with Crippen LogP contribution in [0.15, 0.2) is 42.6 Å². The normalized spacial score (nSPS) is 20.3. The minimum absolute atomic E-state index is 0.131. The first-order chi connectivity index (χ1) is 12.2. The number of benzene rings is 1. The molecule has 2 aliphatic rings. The van der Waals surface area contributed by atoms with Crippen molar-refractivity contribution in [2.45, 2.75) is 38.6 Å². The van der Waals surface area contributed by atoms with E-state index in [1.165, 1.54) is 24.0 Å². The molecule has 2 aliphatic heterocycles. The van der Waals surface area contributed by atoms with Crippen molar-refractivity contribution in [3.8, 4) is 0 Å². The van der Waals surface area contributed by atoms with Crippen LogP contribution >= 0.6 is 0 Å². The monoisotopic (exact) mass is 335 g/mol. The lowest BCUT2D eigenvalue weighted by molar-refractivity contribution is 0.0735. The van der Waals surface area contributed by atoms with E-state index in [2.05, 4.69) is 17.9 Å². The zero-order valence-electron chi connectivity index (χ0n) is 14.8. The van der Waals surface area contributed by atoms with Gasteiger partial charge in [0.1, 0.15) is 5.82 Å². The van der Waals surface area contributed by atoms with E-state index < -0.39 is 0 Å². The minimum Gasteiger partial charge on any atom is -0.357 e. The first-order valence-electron chi connectivity index (χ1n) is 9.31. The Bertz CT molecular complexity index is 753. The van der Waals surface area contributed by atoms with Gasteiger partial charge < -0.3 is 9.80 Å². The van der Waals surface area contributed by atoms with Gasteiger partial charge in [-0.25, -0.2) is 4.98 Å². The molecule has 0 N–H and O–H groups in total. The summed E-state index contributed by atoms with van der Waals surface area (Å²) in [6.07, 6.45) is 6.58. The average Bonchev–Trinajstić information content (AvgIpc) is 3.33. The molecule has 2 aromatic rings. The minimum atomic E-state index is 0.131. The maximum atomic E-state index is 12.9. The van der Waals surface area contributed by atoms with E-state index in [0.717, 1.165) is 43.9 Å². The van der Waals surface area contributed by atoms with Gasteiger partial charge in [0.05, 0.1) is 6.04 Å². The lowest BCUT2D eigenvalue weighted by Crippen LogP contribution is -2.31. The van der Waals surface area contributed by atoms with Crippen molar-refractivity contribution in [3.05, 3.63) is 59.3 Å². The number of nitrogens with zero attached hydrogens (tertiary/aromatic N) is 3. The average molecular weight is 335 g/mol. The van der Waals surface area contributed by atoms with Gasteiger partial charge >= 0.3 is 0 Å². The van der Waals surface area contributed by atoms with Crippen LogP contribution in [0.25, 0.3) is 0 Å². The predicted molar refractivity (Wildman–Crippen MR) is 99.9 cm³/mol. The second-order valence-electron chi connectivity index (χ2n) is 7.12. The van der Waals surface area contributed by atoms with Crippen molar-refractivity contribution < 1.29 is 4.79 Å². The van der Waals surface area contributed by atoms with Gasteiger partial charge in [-0.05, 0) is 61.9 Å². The number of likely N-dealkylation sites (tertiary alicyclic amines) is 1. The van der Waals surface area contributed by atoms with Gasteiger partial charge in [0.25, 0.3) is 5.91 Å². The molecule has 2 fully saturated rings. The molecule has 1 aromatic carbocycles. The second kappa shape index (κ2) is 6.87. The first-order valence-corrected chi connectivity index (χ1v) is 9.31. The molecule has 0 radical (unpaired) electrons. The Hall–Kier alpha value is -2.36. The largest absolute Gasteiger partial charge is 0.357 e. The molecule has 4 rings (SSSR count). The topological polar surface area (TPSA) is 36.4 Å². The Balaban J connectivity index is 1.58. The van der Waals surface area contributed by atoms with Crippen LogP contribution in [0.4, 0.5) is 5.82 Å². The fourth-order valence-electron chi connectivity index (χ4n) is 4.10. The van der Waals surface area contributed by atoms with Gasteiger partial charge in [-0.2, -0.15) is 0 Å². The Morgan fingerprint density at radius 3 is 2.56 bits per heavy atom. The zero-order valence-corrected chi connectivity index (χ0v) is 14.8. The molecule has 25 heavy (non-hydrogen) atoms. The molecule has 0 saturated carbocycles. The van der Waals surface area contributed by atoms with Gasteiger partial charge in [-0.3, -0.25) is 4.79 Å². The third-order valence-corrected chi connectivity index (χ3v) is 5.46. The second-order valence-corrected chi connectivity index (χ2v) is 7.12. The van der Waals surface area contributed by atoms with Crippen LogP contribution in [-0.2, 0) is 0 Å². The van der Waals surface area contributed by atoms with Gasteiger partial charge in [-0.15, -0.1) is 0 Å². The molecule has 1 atom stereocenters. The van der Waals surface area contributed by atoms with Crippen LogP contribution in [-0.4, -0.2) is 35.4 Å². The molecule has 0 bridgehead atoms. The standard InChI is InChI=1S/C21H25N3O/c1-16-14-20(23-11-5-6-12-23)22-15-18(16)19-10-7-13-24(19)21(25)17-8-3-2-4-9-17/h2-4,8-9,14-15,19H,5-7,10-13H2,1H3/t19-/m1/s1. The number of rotatable bonds is 3. The van der Waals surface area contributed by atoms with E-state index in [9.17, 15) is 4.79 Å². The van der Waals surface area contributed by atoms with Crippen LogP contribution in [0, 0.1) is 6.92 Å². The SMILES string of the molecule is Cc1cc(N2CCCC2)ncc1[C@H]1CCCN1C(=O)c1ccccc1. The summed E-state index contributed by atoms with van der Waals surface area (Å²) >= 11 is 0. The van der Waals surface area contributed by atoms with E-state index in [1.54, 1.807) is 0 Å². The van der Waals surface area contributed by atoms with Crippen LogP contribution in [0.2, 0.25) is 0 Å².